The van der Waals surface area contributed by atoms with E-state index in [0.29, 0.717) is 5.41 Å². The molecule has 0 spiro atoms. The van der Waals surface area contributed by atoms with Gasteiger partial charge in [0.25, 0.3) is 0 Å². The average molecular weight is 333 g/mol. The Bertz CT molecular complexity index is 439. The molecular formula is C24H44. The number of hydrogen-bond donors (Lipinski definition) is 0. The summed E-state index contributed by atoms with van der Waals surface area (Å²) in [5, 5.41) is 0. The first kappa shape index (κ1) is 18.8. The maximum absolute atomic E-state index is 2.72. The SMILES string of the molecule is C.CCC(C)C1CCC2C3CCC4CCCC[C@]4(C)C3CC[C@]12C. The first-order valence-corrected chi connectivity index (χ1v) is 11.0. The Labute approximate surface area is 152 Å². The highest BCUT2D eigenvalue weighted by atomic mass is 14.6. The second kappa shape index (κ2) is 6.62. The fraction of sp³-hybridized carbons (Fsp3) is 1.00. The van der Waals surface area contributed by atoms with Crippen molar-refractivity contribution in [3.63, 3.8) is 0 Å². The molecule has 4 fully saturated rings. The summed E-state index contributed by atoms with van der Waals surface area (Å²) < 4.78 is 0. The molecule has 4 saturated carbocycles. The monoisotopic (exact) mass is 332 g/mol. The maximum atomic E-state index is 2.72. The molecule has 0 aromatic heterocycles. The third-order valence-corrected chi connectivity index (χ3v) is 9.99. The topological polar surface area (TPSA) is 0 Å². The van der Waals surface area contributed by atoms with Crippen LogP contribution in [-0.2, 0) is 0 Å². The maximum Gasteiger partial charge on any atom is -0.0264 e. The fourth-order valence-electron chi connectivity index (χ4n) is 8.55. The van der Waals surface area contributed by atoms with Crippen molar-refractivity contribution in [2.45, 2.75) is 106 Å². The highest BCUT2D eigenvalue weighted by Gasteiger charge is 2.59. The van der Waals surface area contributed by atoms with Gasteiger partial charge in [-0.25, -0.2) is 0 Å². The van der Waals surface area contributed by atoms with Gasteiger partial charge in [-0.1, -0.05) is 54.4 Å². The van der Waals surface area contributed by atoms with E-state index in [1.807, 2.05) is 0 Å². The van der Waals surface area contributed by atoms with Crippen LogP contribution in [0.2, 0.25) is 0 Å². The van der Waals surface area contributed by atoms with Crippen molar-refractivity contribution in [3.05, 3.63) is 0 Å². The lowest BCUT2D eigenvalue weighted by Crippen LogP contribution is -2.53. The van der Waals surface area contributed by atoms with Crippen molar-refractivity contribution in [2.24, 2.45) is 46.3 Å². The minimum absolute atomic E-state index is 0. The molecule has 0 aromatic carbocycles. The molecular weight excluding hydrogens is 288 g/mol. The molecule has 0 nitrogen and oxygen atoms in total. The molecule has 0 heteroatoms. The molecule has 0 aromatic rings. The van der Waals surface area contributed by atoms with Crippen molar-refractivity contribution in [1.82, 2.24) is 0 Å². The van der Waals surface area contributed by atoms with Crippen molar-refractivity contribution < 1.29 is 0 Å². The normalized spacial score (nSPS) is 51.8. The average Bonchev–Trinajstić information content (AvgIpc) is 2.91. The quantitative estimate of drug-likeness (QED) is 0.485. The highest BCUT2D eigenvalue weighted by molar-refractivity contribution is 5.09. The molecule has 24 heavy (non-hydrogen) atoms. The molecule has 0 N–H and O–H groups in total. The van der Waals surface area contributed by atoms with Crippen molar-refractivity contribution in [3.8, 4) is 0 Å². The molecule has 6 unspecified atom stereocenters. The Morgan fingerprint density at radius 2 is 1.58 bits per heavy atom. The van der Waals surface area contributed by atoms with Gasteiger partial charge in [0.15, 0.2) is 0 Å². The lowest BCUT2D eigenvalue weighted by atomic mass is 9.44. The molecule has 4 aliphatic carbocycles. The van der Waals surface area contributed by atoms with Gasteiger partial charge in [0.05, 0.1) is 0 Å². The van der Waals surface area contributed by atoms with Crippen LogP contribution in [0.5, 0.6) is 0 Å². The Kier molecular flexibility index (Phi) is 5.18. The van der Waals surface area contributed by atoms with E-state index in [4.69, 9.17) is 0 Å². The molecule has 4 rings (SSSR count). The molecule has 0 heterocycles. The Hall–Kier alpha value is 0. The highest BCUT2D eigenvalue weighted by Crippen LogP contribution is 2.68. The Morgan fingerprint density at radius 1 is 0.833 bits per heavy atom. The molecule has 0 radical (unpaired) electrons. The molecule has 8 atom stereocenters. The van der Waals surface area contributed by atoms with Crippen molar-refractivity contribution in [2.75, 3.05) is 0 Å². The standard InChI is InChI=1S/C23H40.CH4/c1-5-16(2)19-11-12-20-18-10-9-17-8-6-7-14-22(17,3)21(18)13-15-23(19,20)4;/h16-21H,5-15H2,1-4H3;1H4/t16?,17?,18?,19?,20?,21?,22-,23+;/m0./s1. The Balaban J connectivity index is 0.00000169. The van der Waals surface area contributed by atoms with Gasteiger partial charge >= 0.3 is 0 Å². The number of hydrogen-bond acceptors (Lipinski definition) is 0. The van der Waals surface area contributed by atoms with Crippen LogP contribution in [-0.4, -0.2) is 0 Å². The van der Waals surface area contributed by atoms with Crippen LogP contribution in [0.1, 0.15) is 106 Å². The van der Waals surface area contributed by atoms with Gasteiger partial charge in [0.2, 0.25) is 0 Å². The van der Waals surface area contributed by atoms with Gasteiger partial charge < -0.3 is 0 Å². The van der Waals surface area contributed by atoms with Gasteiger partial charge in [0, 0.05) is 0 Å². The van der Waals surface area contributed by atoms with Crippen LogP contribution in [0, 0.1) is 46.3 Å². The van der Waals surface area contributed by atoms with E-state index in [-0.39, 0.29) is 7.43 Å². The smallest absolute Gasteiger partial charge is 0.0264 e. The van der Waals surface area contributed by atoms with Crippen LogP contribution < -0.4 is 0 Å². The first-order chi connectivity index (χ1) is 11.0. The third kappa shape index (κ3) is 2.52. The Morgan fingerprint density at radius 3 is 2.33 bits per heavy atom. The van der Waals surface area contributed by atoms with Gasteiger partial charge in [0.1, 0.15) is 0 Å². The summed E-state index contributed by atoms with van der Waals surface area (Å²) >= 11 is 0. The predicted molar refractivity (Wildman–Crippen MR) is 106 cm³/mol. The minimum Gasteiger partial charge on any atom is -0.0776 e. The van der Waals surface area contributed by atoms with E-state index in [1.54, 1.807) is 51.4 Å². The summed E-state index contributed by atoms with van der Waals surface area (Å²) in [5.41, 5.74) is 1.41. The van der Waals surface area contributed by atoms with Gasteiger partial charge in [-0.05, 0) is 97.7 Å². The molecule has 0 amide bonds. The van der Waals surface area contributed by atoms with Crippen molar-refractivity contribution in [1.29, 1.82) is 0 Å². The third-order valence-electron chi connectivity index (χ3n) is 9.99. The van der Waals surface area contributed by atoms with E-state index in [2.05, 4.69) is 27.7 Å². The van der Waals surface area contributed by atoms with Crippen molar-refractivity contribution >= 4 is 0 Å². The van der Waals surface area contributed by atoms with Gasteiger partial charge in [-0.15, -0.1) is 0 Å². The second-order valence-corrected chi connectivity index (χ2v) is 10.5. The first-order valence-electron chi connectivity index (χ1n) is 11.0. The largest absolute Gasteiger partial charge is 0.0776 e. The lowest BCUT2D eigenvalue weighted by Gasteiger charge is -2.61. The fourth-order valence-corrected chi connectivity index (χ4v) is 8.55. The second-order valence-electron chi connectivity index (χ2n) is 10.5. The summed E-state index contributed by atoms with van der Waals surface area (Å²) in [4.78, 5) is 0. The van der Waals surface area contributed by atoms with E-state index in [1.165, 1.54) is 19.3 Å². The number of rotatable bonds is 2. The summed E-state index contributed by atoms with van der Waals surface area (Å²) in [5.74, 6) is 6.28. The van der Waals surface area contributed by atoms with E-state index in [0.717, 1.165) is 40.9 Å². The van der Waals surface area contributed by atoms with Crippen LogP contribution in [0.3, 0.4) is 0 Å². The summed E-state index contributed by atoms with van der Waals surface area (Å²) in [6.07, 6.45) is 16.9. The van der Waals surface area contributed by atoms with E-state index >= 15 is 0 Å². The summed E-state index contributed by atoms with van der Waals surface area (Å²) in [6, 6.07) is 0. The summed E-state index contributed by atoms with van der Waals surface area (Å²) in [6.45, 7) is 10.4. The predicted octanol–water partition coefficient (Wildman–Crippen LogP) is 7.72. The molecule has 4 aliphatic rings. The van der Waals surface area contributed by atoms with Crippen LogP contribution in [0.4, 0.5) is 0 Å². The zero-order valence-electron chi connectivity index (χ0n) is 16.2. The number of fused-ring (bicyclic) bond motifs is 5. The summed E-state index contributed by atoms with van der Waals surface area (Å²) in [7, 11) is 0. The van der Waals surface area contributed by atoms with Crippen LogP contribution in [0.15, 0.2) is 0 Å². The zero-order valence-corrected chi connectivity index (χ0v) is 16.2. The van der Waals surface area contributed by atoms with Gasteiger partial charge in [-0.2, -0.15) is 0 Å². The van der Waals surface area contributed by atoms with Gasteiger partial charge in [-0.3, -0.25) is 0 Å². The molecule has 0 aliphatic heterocycles. The zero-order chi connectivity index (χ0) is 16.2. The van der Waals surface area contributed by atoms with E-state index in [9.17, 15) is 0 Å². The molecule has 0 bridgehead atoms. The molecule has 0 saturated heterocycles. The van der Waals surface area contributed by atoms with Crippen LogP contribution in [0.25, 0.3) is 0 Å². The van der Waals surface area contributed by atoms with Crippen LogP contribution >= 0.6 is 0 Å². The molecule has 140 valence electrons. The lowest BCUT2D eigenvalue weighted by molar-refractivity contribution is -0.114. The van der Waals surface area contributed by atoms with E-state index < -0.39 is 0 Å². The minimum atomic E-state index is 0.